The lowest BCUT2D eigenvalue weighted by Gasteiger charge is -2.17. The lowest BCUT2D eigenvalue weighted by molar-refractivity contribution is -0.677. The average molecular weight is 517 g/mol. The van der Waals surface area contributed by atoms with Crippen molar-refractivity contribution in [2.75, 3.05) is 0 Å². The molecule has 0 aliphatic rings. The molecule has 0 atom stereocenters. The predicted octanol–water partition coefficient (Wildman–Crippen LogP) is 6.89. The lowest BCUT2D eigenvalue weighted by Crippen LogP contribution is -2.36. The fraction of sp³-hybridized carbons (Fsp3) is 0.875. The smallest absolute Gasteiger partial charge is 0.393 e. The first-order valence-corrected chi connectivity index (χ1v) is 13.9. The number of H-pyrrole nitrogens is 1. The van der Waals surface area contributed by atoms with Crippen LogP contribution in [-0.4, -0.2) is 29.6 Å². The normalized spacial score (nSPS) is 12.3. The molecular weight excluding hydrogens is 472 g/mol. The zero-order valence-electron chi connectivity index (χ0n) is 21.0. The minimum atomic E-state index is -6.23. The molecule has 0 unspecified atom stereocenters. The average Bonchev–Trinajstić information content (AvgIpc) is 3.15. The Hall–Kier alpha value is -1.16. The Morgan fingerprint density at radius 1 is 0.882 bits per heavy atom. The van der Waals surface area contributed by atoms with E-state index in [2.05, 4.69) is 36.6 Å². The number of aromatic nitrogens is 2. The highest BCUT2D eigenvalue weighted by Gasteiger charge is 2.48. The first-order valence-electron chi connectivity index (χ1n) is 12.5. The zero-order chi connectivity index (χ0) is 26.0. The molecule has 5 nitrogen and oxygen atoms in total. The molecule has 0 radical (unpaired) electrons. The van der Waals surface area contributed by atoms with E-state index in [1.54, 1.807) is 0 Å². The van der Waals surface area contributed by atoms with Gasteiger partial charge in [-0.05, 0) is 12.3 Å². The molecule has 0 fully saturated rings. The second-order valence-electron chi connectivity index (χ2n) is 9.36. The Kier molecular flexibility index (Phi) is 17.5. The fourth-order valence-electron chi connectivity index (χ4n) is 3.58. The topological polar surface area (TPSA) is 76.9 Å². The van der Waals surface area contributed by atoms with Crippen LogP contribution in [0.2, 0.25) is 0 Å². The molecule has 0 aliphatic carbocycles. The van der Waals surface area contributed by atoms with Crippen LogP contribution in [0.5, 0.6) is 0 Å². The van der Waals surface area contributed by atoms with Crippen molar-refractivity contribution in [2.24, 2.45) is 13.0 Å². The van der Waals surface area contributed by atoms with Gasteiger partial charge in [-0.2, -0.15) is 8.78 Å². The minimum Gasteiger partial charge on any atom is -0.743 e. The zero-order valence-corrected chi connectivity index (χ0v) is 21.8. The molecular formula is C24H44F4N2O3S. The standard InChI is InChI=1S/C22H42N2.C2H2F4O3S/c1-21(2)17-15-13-11-9-7-5-4-6-8-10-12-14-16-18-22-23-19-20-24(22)3;3-1(4)2(5,6)10(7,8)9/h19-21H,4-18H2,1-3H3;1H,(H,7,8,9). The molecule has 1 heterocycles. The van der Waals surface area contributed by atoms with Crippen LogP contribution in [0, 0.1) is 5.92 Å². The number of aromatic amines is 1. The SMILES string of the molecule is CC(C)CCCCCCCCCCCCCCCc1[nH]cc[n+]1C.O=S(=O)([O-])C(F)(F)C(F)F. The summed E-state index contributed by atoms with van der Waals surface area (Å²) in [5, 5.41) is -5.48. The van der Waals surface area contributed by atoms with Crippen LogP contribution < -0.4 is 4.57 Å². The molecule has 0 amide bonds. The quantitative estimate of drug-likeness (QED) is 0.0999. The lowest BCUT2D eigenvalue weighted by atomic mass is 10.0. The summed E-state index contributed by atoms with van der Waals surface area (Å²) >= 11 is 0. The molecule has 1 rings (SSSR count). The van der Waals surface area contributed by atoms with Gasteiger partial charge in [-0.25, -0.2) is 26.7 Å². The third kappa shape index (κ3) is 15.7. The van der Waals surface area contributed by atoms with Crippen LogP contribution >= 0.6 is 0 Å². The highest BCUT2D eigenvalue weighted by atomic mass is 32.2. The highest BCUT2D eigenvalue weighted by Crippen LogP contribution is 2.27. The van der Waals surface area contributed by atoms with Crippen LogP contribution in [0.4, 0.5) is 17.6 Å². The van der Waals surface area contributed by atoms with E-state index < -0.39 is 21.8 Å². The van der Waals surface area contributed by atoms with Crippen molar-refractivity contribution < 1.29 is 35.1 Å². The van der Waals surface area contributed by atoms with Gasteiger partial charge in [0.15, 0.2) is 10.1 Å². The molecule has 1 N–H and O–H groups in total. The largest absolute Gasteiger partial charge is 0.743 e. The van der Waals surface area contributed by atoms with Gasteiger partial charge in [0, 0.05) is 6.42 Å². The molecule has 0 aromatic carbocycles. The van der Waals surface area contributed by atoms with E-state index >= 15 is 0 Å². The monoisotopic (exact) mass is 516 g/mol. The van der Waals surface area contributed by atoms with Crippen LogP contribution in [0.15, 0.2) is 12.4 Å². The minimum absolute atomic E-state index is 0.890. The van der Waals surface area contributed by atoms with E-state index in [0.29, 0.717) is 0 Å². The maximum absolute atomic E-state index is 11.4. The summed E-state index contributed by atoms with van der Waals surface area (Å²) < 4.78 is 74.9. The molecule has 0 saturated heterocycles. The maximum atomic E-state index is 11.4. The molecule has 34 heavy (non-hydrogen) atoms. The van der Waals surface area contributed by atoms with E-state index in [1.807, 2.05) is 6.20 Å². The number of hydrogen-bond donors (Lipinski definition) is 1. The van der Waals surface area contributed by atoms with E-state index in [1.165, 1.54) is 102 Å². The third-order valence-electron chi connectivity index (χ3n) is 5.76. The Morgan fingerprint density at radius 2 is 1.29 bits per heavy atom. The molecule has 1 aromatic heterocycles. The van der Waals surface area contributed by atoms with E-state index in [0.717, 1.165) is 5.92 Å². The molecule has 202 valence electrons. The Bertz CT molecular complexity index is 726. The first kappa shape index (κ1) is 32.8. The summed E-state index contributed by atoms with van der Waals surface area (Å²) in [5.74, 6) is 2.25. The van der Waals surface area contributed by atoms with Gasteiger partial charge in [-0.3, -0.25) is 0 Å². The van der Waals surface area contributed by atoms with Crippen LogP contribution in [0.3, 0.4) is 0 Å². The van der Waals surface area contributed by atoms with Gasteiger partial charge in [0.05, 0.1) is 7.05 Å². The van der Waals surface area contributed by atoms with E-state index in [-0.39, 0.29) is 0 Å². The van der Waals surface area contributed by atoms with Crippen LogP contribution in [0.1, 0.15) is 110 Å². The Labute approximate surface area is 203 Å². The number of nitrogens with zero attached hydrogens (tertiary/aromatic N) is 1. The maximum Gasteiger partial charge on any atom is 0.393 e. The van der Waals surface area contributed by atoms with Gasteiger partial charge in [0.2, 0.25) is 0 Å². The number of nitrogens with one attached hydrogen (secondary N) is 1. The van der Waals surface area contributed by atoms with Crippen molar-refractivity contribution in [2.45, 2.75) is 122 Å². The molecule has 1 aromatic rings. The number of unbranched alkanes of at least 4 members (excludes halogenated alkanes) is 12. The Morgan fingerprint density at radius 3 is 1.59 bits per heavy atom. The van der Waals surface area contributed by atoms with E-state index in [4.69, 9.17) is 0 Å². The molecule has 0 saturated carbocycles. The number of aryl methyl sites for hydroxylation is 2. The van der Waals surface area contributed by atoms with Crippen molar-refractivity contribution in [1.82, 2.24) is 4.98 Å². The van der Waals surface area contributed by atoms with E-state index in [9.17, 15) is 30.5 Å². The van der Waals surface area contributed by atoms with Gasteiger partial charge in [0.1, 0.15) is 12.4 Å². The first-order chi connectivity index (χ1) is 15.9. The van der Waals surface area contributed by atoms with Gasteiger partial charge in [-0.15, -0.1) is 0 Å². The van der Waals surface area contributed by atoms with Crippen molar-refractivity contribution in [3.05, 3.63) is 18.2 Å². The van der Waals surface area contributed by atoms with Crippen molar-refractivity contribution in [1.29, 1.82) is 0 Å². The summed E-state index contributed by atoms with van der Waals surface area (Å²) in [4.78, 5) is 3.32. The second kappa shape index (κ2) is 18.2. The van der Waals surface area contributed by atoms with Gasteiger partial charge >= 0.3 is 11.7 Å². The molecule has 0 bridgehead atoms. The molecule has 10 heteroatoms. The van der Waals surface area contributed by atoms with Gasteiger partial charge in [-0.1, -0.05) is 97.3 Å². The summed E-state index contributed by atoms with van der Waals surface area (Å²) in [6.07, 6.45) is 21.0. The number of alkyl halides is 4. The summed E-state index contributed by atoms with van der Waals surface area (Å²) in [5.41, 5.74) is 0. The number of halogens is 4. The number of hydrogen-bond acceptors (Lipinski definition) is 3. The predicted molar refractivity (Wildman–Crippen MR) is 126 cm³/mol. The molecule has 0 spiro atoms. The van der Waals surface area contributed by atoms with Crippen LogP contribution in [0.25, 0.3) is 0 Å². The van der Waals surface area contributed by atoms with Gasteiger partial charge < -0.3 is 4.55 Å². The van der Waals surface area contributed by atoms with Crippen molar-refractivity contribution in [3.8, 4) is 0 Å². The molecule has 0 aliphatic heterocycles. The summed E-state index contributed by atoms with van der Waals surface area (Å²) in [6, 6.07) is 0. The van der Waals surface area contributed by atoms with Crippen LogP contribution in [-0.2, 0) is 23.6 Å². The third-order valence-corrected chi connectivity index (χ3v) is 6.60. The second-order valence-corrected chi connectivity index (χ2v) is 10.8. The van der Waals surface area contributed by atoms with Gasteiger partial charge in [0.25, 0.3) is 5.82 Å². The van der Waals surface area contributed by atoms with Crippen molar-refractivity contribution >= 4 is 10.1 Å². The Balaban J connectivity index is 0.000000916. The van der Waals surface area contributed by atoms with Crippen molar-refractivity contribution in [3.63, 3.8) is 0 Å². The number of rotatable bonds is 18. The fourth-order valence-corrected chi connectivity index (χ4v) is 3.80. The summed E-state index contributed by atoms with van der Waals surface area (Å²) in [6.45, 7) is 4.67. The highest BCUT2D eigenvalue weighted by molar-refractivity contribution is 7.86. The summed E-state index contributed by atoms with van der Waals surface area (Å²) in [7, 11) is -4.11. The number of imidazole rings is 1.